The summed E-state index contributed by atoms with van der Waals surface area (Å²) in [5.74, 6) is 2.10. The third-order valence-electron chi connectivity index (χ3n) is 1.29. The van der Waals surface area contributed by atoms with Crippen LogP contribution in [0.15, 0.2) is 12.1 Å². The molecule has 66 valence electrons. The lowest BCUT2D eigenvalue weighted by atomic mass is 10.4. The zero-order valence-electron chi connectivity index (χ0n) is 6.96. The van der Waals surface area contributed by atoms with Gasteiger partial charge in [0.25, 0.3) is 0 Å². The quantitative estimate of drug-likeness (QED) is 0.703. The van der Waals surface area contributed by atoms with E-state index in [0.29, 0.717) is 5.15 Å². The number of thioether (sulfide) groups is 1. The summed E-state index contributed by atoms with van der Waals surface area (Å²) in [5, 5.41) is 8.16. The Bertz CT molecular complexity index is 225. The maximum Gasteiger partial charge on any atom is 0.151 e. The van der Waals surface area contributed by atoms with Crippen LogP contribution in [0.2, 0.25) is 5.15 Å². The van der Waals surface area contributed by atoms with Crippen LogP contribution in [0, 0.1) is 0 Å². The monoisotopic (exact) mass is 202 g/mol. The standard InChI is InChI=1S/C8H11ClN2S/c1-2-5-12-6-7-3-4-8(9)11-10-7/h3-4H,2,5-6H2,1H3. The van der Waals surface area contributed by atoms with Crippen LogP contribution in [0.1, 0.15) is 19.0 Å². The Balaban J connectivity index is 2.37. The van der Waals surface area contributed by atoms with E-state index >= 15 is 0 Å². The van der Waals surface area contributed by atoms with E-state index in [0.717, 1.165) is 11.4 Å². The van der Waals surface area contributed by atoms with Gasteiger partial charge in [-0.25, -0.2) is 0 Å². The van der Waals surface area contributed by atoms with Crippen molar-refractivity contribution in [1.82, 2.24) is 10.2 Å². The molecule has 0 amide bonds. The Morgan fingerprint density at radius 1 is 1.42 bits per heavy atom. The third-order valence-corrected chi connectivity index (χ3v) is 2.68. The van der Waals surface area contributed by atoms with Gasteiger partial charge in [0.15, 0.2) is 5.15 Å². The highest BCUT2D eigenvalue weighted by molar-refractivity contribution is 7.98. The highest BCUT2D eigenvalue weighted by Gasteiger charge is 1.95. The number of aromatic nitrogens is 2. The van der Waals surface area contributed by atoms with Crippen molar-refractivity contribution in [2.45, 2.75) is 19.1 Å². The van der Waals surface area contributed by atoms with Crippen LogP contribution in [0.4, 0.5) is 0 Å². The average Bonchev–Trinajstić information content (AvgIpc) is 2.09. The van der Waals surface area contributed by atoms with E-state index in [1.54, 1.807) is 6.07 Å². The van der Waals surface area contributed by atoms with Gasteiger partial charge >= 0.3 is 0 Å². The minimum Gasteiger partial charge on any atom is -0.156 e. The van der Waals surface area contributed by atoms with Gasteiger partial charge in [0, 0.05) is 5.75 Å². The summed E-state index contributed by atoms with van der Waals surface area (Å²) in [6.07, 6.45) is 1.20. The van der Waals surface area contributed by atoms with Crippen LogP contribution in [0.3, 0.4) is 0 Å². The van der Waals surface area contributed by atoms with Crippen molar-refractivity contribution < 1.29 is 0 Å². The van der Waals surface area contributed by atoms with Crippen LogP contribution < -0.4 is 0 Å². The molecule has 0 spiro atoms. The molecule has 1 aromatic rings. The number of hydrogen-bond donors (Lipinski definition) is 0. The maximum absolute atomic E-state index is 5.59. The molecule has 0 radical (unpaired) electrons. The molecule has 0 aromatic carbocycles. The van der Waals surface area contributed by atoms with Gasteiger partial charge in [-0.15, -0.1) is 5.10 Å². The van der Waals surface area contributed by atoms with Gasteiger partial charge in [-0.3, -0.25) is 0 Å². The molecule has 1 aromatic heterocycles. The maximum atomic E-state index is 5.59. The molecule has 0 saturated carbocycles. The summed E-state index contributed by atoms with van der Waals surface area (Å²) in [7, 11) is 0. The van der Waals surface area contributed by atoms with Crippen molar-refractivity contribution in [3.63, 3.8) is 0 Å². The number of halogens is 1. The van der Waals surface area contributed by atoms with E-state index in [2.05, 4.69) is 17.1 Å². The molecule has 0 atom stereocenters. The van der Waals surface area contributed by atoms with Crippen molar-refractivity contribution in [2.24, 2.45) is 0 Å². The Hall–Kier alpha value is -0.280. The lowest BCUT2D eigenvalue weighted by Crippen LogP contribution is -1.90. The van der Waals surface area contributed by atoms with Gasteiger partial charge in [-0.2, -0.15) is 16.9 Å². The molecular formula is C8H11ClN2S. The van der Waals surface area contributed by atoms with Gasteiger partial charge in [0.05, 0.1) is 5.69 Å². The molecular weight excluding hydrogens is 192 g/mol. The molecule has 0 saturated heterocycles. The molecule has 0 bridgehead atoms. The second-order valence-electron chi connectivity index (χ2n) is 2.40. The molecule has 0 aliphatic carbocycles. The third kappa shape index (κ3) is 3.41. The highest BCUT2D eigenvalue weighted by Crippen LogP contribution is 2.11. The van der Waals surface area contributed by atoms with Crippen molar-refractivity contribution in [3.05, 3.63) is 23.0 Å². The van der Waals surface area contributed by atoms with Gasteiger partial charge in [-0.1, -0.05) is 18.5 Å². The van der Waals surface area contributed by atoms with Crippen molar-refractivity contribution in [1.29, 1.82) is 0 Å². The molecule has 0 N–H and O–H groups in total. The highest BCUT2D eigenvalue weighted by atomic mass is 35.5. The Morgan fingerprint density at radius 3 is 2.83 bits per heavy atom. The molecule has 1 heterocycles. The second-order valence-corrected chi connectivity index (χ2v) is 3.89. The first-order valence-corrected chi connectivity index (χ1v) is 5.42. The Labute approximate surface area is 81.7 Å². The van der Waals surface area contributed by atoms with Crippen LogP contribution in [0.5, 0.6) is 0 Å². The van der Waals surface area contributed by atoms with E-state index in [9.17, 15) is 0 Å². The first kappa shape index (κ1) is 9.81. The van der Waals surface area contributed by atoms with Crippen molar-refractivity contribution in [2.75, 3.05) is 5.75 Å². The fourth-order valence-electron chi connectivity index (χ4n) is 0.742. The summed E-state index contributed by atoms with van der Waals surface area (Å²) < 4.78 is 0. The summed E-state index contributed by atoms with van der Waals surface area (Å²) >= 11 is 7.46. The minimum atomic E-state index is 0.458. The minimum absolute atomic E-state index is 0.458. The van der Waals surface area contributed by atoms with E-state index in [4.69, 9.17) is 11.6 Å². The summed E-state index contributed by atoms with van der Waals surface area (Å²) in [6, 6.07) is 3.69. The van der Waals surface area contributed by atoms with Crippen LogP contribution >= 0.6 is 23.4 Å². The molecule has 0 aliphatic heterocycles. The average molecular weight is 203 g/mol. The lowest BCUT2D eigenvalue weighted by Gasteiger charge is -1.97. The molecule has 0 aliphatic rings. The molecule has 12 heavy (non-hydrogen) atoms. The largest absolute Gasteiger partial charge is 0.156 e. The van der Waals surface area contributed by atoms with Gasteiger partial charge in [0.2, 0.25) is 0 Å². The molecule has 2 nitrogen and oxygen atoms in total. The van der Waals surface area contributed by atoms with Crippen molar-refractivity contribution in [3.8, 4) is 0 Å². The van der Waals surface area contributed by atoms with Gasteiger partial charge in [-0.05, 0) is 24.3 Å². The summed E-state index contributed by atoms with van der Waals surface area (Å²) in [5.41, 5.74) is 0.998. The molecule has 1 rings (SSSR count). The van der Waals surface area contributed by atoms with Crippen LogP contribution in [-0.2, 0) is 5.75 Å². The van der Waals surface area contributed by atoms with Crippen molar-refractivity contribution >= 4 is 23.4 Å². The predicted molar refractivity (Wildman–Crippen MR) is 53.5 cm³/mol. The SMILES string of the molecule is CCCSCc1ccc(Cl)nn1. The van der Waals surface area contributed by atoms with E-state index in [1.165, 1.54) is 12.2 Å². The topological polar surface area (TPSA) is 25.8 Å². The zero-order chi connectivity index (χ0) is 8.81. The first-order valence-electron chi connectivity index (χ1n) is 3.88. The van der Waals surface area contributed by atoms with E-state index < -0.39 is 0 Å². The first-order chi connectivity index (χ1) is 5.83. The number of rotatable bonds is 4. The van der Waals surface area contributed by atoms with Gasteiger partial charge < -0.3 is 0 Å². The van der Waals surface area contributed by atoms with Crippen LogP contribution in [0.25, 0.3) is 0 Å². The molecule has 0 fully saturated rings. The number of nitrogens with zero attached hydrogens (tertiary/aromatic N) is 2. The molecule has 4 heteroatoms. The van der Waals surface area contributed by atoms with E-state index in [1.807, 2.05) is 17.8 Å². The predicted octanol–water partition coefficient (Wildman–Crippen LogP) is 2.77. The Morgan fingerprint density at radius 2 is 2.25 bits per heavy atom. The second kappa shape index (κ2) is 5.38. The number of hydrogen-bond acceptors (Lipinski definition) is 3. The van der Waals surface area contributed by atoms with Gasteiger partial charge in [0.1, 0.15) is 0 Å². The fourth-order valence-corrected chi connectivity index (χ4v) is 1.64. The lowest BCUT2D eigenvalue weighted by molar-refractivity contribution is 0.970. The Kier molecular flexibility index (Phi) is 4.40. The smallest absolute Gasteiger partial charge is 0.151 e. The van der Waals surface area contributed by atoms with Crippen LogP contribution in [-0.4, -0.2) is 16.0 Å². The van der Waals surface area contributed by atoms with E-state index in [-0.39, 0.29) is 0 Å². The fraction of sp³-hybridized carbons (Fsp3) is 0.500. The summed E-state index contributed by atoms with van der Waals surface area (Å²) in [6.45, 7) is 2.17. The normalized spacial score (nSPS) is 10.2. The molecule has 0 unspecified atom stereocenters. The summed E-state index contributed by atoms with van der Waals surface area (Å²) in [4.78, 5) is 0. The zero-order valence-corrected chi connectivity index (χ0v) is 8.53.